The van der Waals surface area contributed by atoms with E-state index < -0.39 is 24.1 Å². The monoisotopic (exact) mass is 330 g/mol. The van der Waals surface area contributed by atoms with Gasteiger partial charge in [0.25, 0.3) is 0 Å². The zero-order chi connectivity index (χ0) is 11.6. The summed E-state index contributed by atoms with van der Waals surface area (Å²) in [5.74, 6) is -1.28. The molecule has 0 spiro atoms. The third-order valence-corrected chi connectivity index (χ3v) is 2.39. The highest BCUT2D eigenvalue weighted by molar-refractivity contribution is 14.1. The second-order valence-electron chi connectivity index (χ2n) is 2.87. The third-order valence-electron chi connectivity index (χ3n) is 1.72. The van der Waals surface area contributed by atoms with Crippen molar-refractivity contribution < 1.29 is 23.1 Å². The standard InChI is InChI=1S/C9H6F3IO2/c10-9(11,12)7-4-6(13)2-1-5(7)3-8(14)15/h1-2,4H,3H2,(H,14,15). The van der Waals surface area contributed by atoms with E-state index in [0.29, 0.717) is 3.57 Å². The molecule has 0 unspecified atom stereocenters. The number of carboxylic acid groups (broad SMARTS) is 1. The molecular formula is C9H6F3IO2. The van der Waals surface area contributed by atoms with Crippen molar-refractivity contribution in [3.8, 4) is 0 Å². The van der Waals surface area contributed by atoms with Crippen LogP contribution in [0.5, 0.6) is 0 Å². The summed E-state index contributed by atoms with van der Waals surface area (Å²) in [4.78, 5) is 10.4. The molecular weight excluding hydrogens is 324 g/mol. The number of hydrogen-bond acceptors (Lipinski definition) is 1. The number of aliphatic carboxylic acids is 1. The molecule has 0 aliphatic heterocycles. The first-order valence-corrected chi connectivity index (χ1v) is 4.96. The van der Waals surface area contributed by atoms with Crippen molar-refractivity contribution in [1.82, 2.24) is 0 Å². The Morgan fingerprint density at radius 2 is 2.00 bits per heavy atom. The van der Waals surface area contributed by atoms with E-state index in [0.717, 1.165) is 6.07 Å². The molecule has 2 nitrogen and oxygen atoms in total. The lowest BCUT2D eigenvalue weighted by molar-refractivity contribution is -0.139. The number of carbonyl (C=O) groups is 1. The molecule has 0 saturated carbocycles. The quantitative estimate of drug-likeness (QED) is 0.847. The van der Waals surface area contributed by atoms with Crippen molar-refractivity contribution in [1.29, 1.82) is 0 Å². The van der Waals surface area contributed by atoms with Crippen molar-refractivity contribution >= 4 is 28.6 Å². The molecule has 82 valence electrons. The van der Waals surface area contributed by atoms with Gasteiger partial charge in [0.2, 0.25) is 0 Å². The van der Waals surface area contributed by atoms with Crippen LogP contribution >= 0.6 is 22.6 Å². The Morgan fingerprint density at radius 1 is 1.40 bits per heavy atom. The van der Waals surface area contributed by atoms with Gasteiger partial charge in [-0.15, -0.1) is 0 Å². The predicted molar refractivity (Wildman–Crippen MR) is 55.5 cm³/mol. The number of hydrogen-bond donors (Lipinski definition) is 1. The van der Waals surface area contributed by atoms with Gasteiger partial charge in [0.1, 0.15) is 0 Å². The molecule has 0 aromatic heterocycles. The van der Waals surface area contributed by atoms with Crippen LogP contribution in [0.25, 0.3) is 0 Å². The minimum absolute atomic E-state index is 0.213. The fourth-order valence-corrected chi connectivity index (χ4v) is 1.62. The Labute approximate surface area is 97.2 Å². The van der Waals surface area contributed by atoms with E-state index in [1.165, 1.54) is 12.1 Å². The molecule has 0 radical (unpaired) electrons. The number of rotatable bonds is 2. The summed E-state index contributed by atoms with van der Waals surface area (Å²) in [7, 11) is 0. The fourth-order valence-electron chi connectivity index (χ4n) is 1.13. The van der Waals surface area contributed by atoms with E-state index in [-0.39, 0.29) is 5.56 Å². The number of carboxylic acids is 1. The van der Waals surface area contributed by atoms with Gasteiger partial charge >= 0.3 is 12.1 Å². The summed E-state index contributed by atoms with van der Waals surface area (Å²) in [5.41, 5.74) is -1.09. The van der Waals surface area contributed by atoms with Gasteiger partial charge in [-0.1, -0.05) is 6.07 Å². The molecule has 0 atom stereocenters. The summed E-state index contributed by atoms with van der Waals surface area (Å²) in [6.07, 6.45) is -5.13. The molecule has 1 aromatic rings. The molecule has 1 aromatic carbocycles. The topological polar surface area (TPSA) is 37.3 Å². The molecule has 0 bridgehead atoms. The van der Waals surface area contributed by atoms with E-state index in [1.54, 1.807) is 22.6 Å². The van der Waals surface area contributed by atoms with E-state index >= 15 is 0 Å². The van der Waals surface area contributed by atoms with Crippen LogP contribution in [0.1, 0.15) is 11.1 Å². The van der Waals surface area contributed by atoms with Gasteiger partial charge in [0, 0.05) is 3.57 Å². The van der Waals surface area contributed by atoms with Gasteiger partial charge < -0.3 is 5.11 Å². The van der Waals surface area contributed by atoms with Crippen molar-refractivity contribution in [2.45, 2.75) is 12.6 Å². The Morgan fingerprint density at radius 3 is 2.47 bits per heavy atom. The van der Waals surface area contributed by atoms with Crippen LogP contribution < -0.4 is 0 Å². The lowest BCUT2D eigenvalue weighted by Gasteiger charge is -2.11. The zero-order valence-corrected chi connectivity index (χ0v) is 9.46. The van der Waals surface area contributed by atoms with Crippen molar-refractivity contribution in [3.05, 3.63) is 32.9 Å². The van der Waals surface area contributed by atoms with Crippen LogP contribution in [-0.4, -0.2) is 11.1 Å². The Kier molecular flexibility index (Phi) is 3.58. The van der Waals surface area contributed by atoms with Crippen molar-refractivity contribution in [2.75, 3.05) is 0 Å². The lowest BCUT2D eigenvalue weighted by Crippen LogP contribution is -2.12. The fraction of sp³-hybridized carbons (Fsp3) is 0.222. The average molecular weight is 330 g/mol. The average Bonchev–Trinajstić information content (AvgIpc) is 2.05. The first-order chi connectivity index (χ1) is 6.80. The first-order valence-electron chi connectivity index (χ1n) is 3.88. The maximum absolute atomic E-state index is 12.5. The molecule has 0 heterocycles. The number of alkyl halides is 3. The molecule has 0 aliphatic rings. The number of benzene rings is 1. The van der Waals surface area contributed by atoms with Crippen LogP contribution in [0.15, 0.2) is 18.2 Å². The highest BCUT2D eigenvalue weighted by atomic mass is 127. The maximum Gasteiger partial charge on any atom is 0.416 e. The number of halogens is 4. The highest BCUT2D eigenvalue weighted by Gasteiger charge is 2.33. The largest absolute Gasteiger partial charge is 0.481 e. The molecule has 1 rings (SSSR count). The Balaban J connectivity index is 3.20. The van der Waals surface area contributed by atoms with Crippen LogP contribution in [0, 0.1) is 3.57 Å². The van der Waals surface area contributed by atoms with Gasteiger partial charge in [-0.05, 0) is 40.3 Å². The van der Waals surface area contributed by atoms with Crippen LogP contribution in [0.4, 0.5) is 13.2 Å². The minimum atomic E-state index is -4.51. The minimum Gasteiger partial charge on any atom is -0.481 e. The molecule has 1 N–H and O–H groups in total. The zero-order valence-electron chi connectivity index (χ0n) is 7.31. The molecule has 0 saturated heterocycles. The van der Waals surface area contributed by atoms with Crippen LogP contribution in [0.2, 0.25) is 0 Å². The van der Waals surface area contributed by atoms with Gasteiger partial charge in [-0.25, -0.2) is 0 Å². The van der Waals surface area contributed by atoms with Crippen molar-refractivity contribution in [2.24, 2.45) is 0 Å². The van der Waals surface area contributed by atoms with E-state index in [9.17, 15) is 18.0 Å². The van der Waals surface area contributed by atoms with E-state index in [1.807, 2.05) is 0 Å². The maximum atomic E-state index is 12.5. The first kappa shape index (κ1) is 12.3. The molecule has 6 heteroatoms. The van der Waals surface area contributed by atoms with Crippen LogP contribution in [-0.2, 0) is 17.4 Å². The third kappa shape index (κ3) is 3.37. The van der Waals surface area contributed by atoms with Gasteiger partial charge in [-0.2, -0.15) is 13.2 Å². The summed E-state index contributed by atoms with van der Waals surface area (Å²) in [6, 6.07) is 3.59. The second kappa shape index (κ2) is 4.38. The van der Waals surface area contributed by atoms with Crippen LogP contribution in [0.3, 0.4) is 0 Å². The summed E-state index contributed by atoms with van der Waals surface area (Å²) in [5, 5.41) is 8.46. The molecule has 0 fully saturated rings. The van der Waals surface area contributed by atoms with Crippen molar-refractivity contribution in [3.63, 3.8) is 0 Å². The Bertz CT molecular complexity index is 387. The lowest BCUT2D eigenvalue weighted by atomic mass is 10.0. The Hall–Kier alpha value is -0.790. The highest BCUT2D eigenvalue weighted by Crippen LogP contribution is 2.33. The van der Waals surface area contributed by atoms with Gasteiger partial charge in [0.05, 0.1) is 12.0 Å². The van der Waals surface area contributed by atoms with Gasteiger partial charge in [-0.3, -0.25) is 4.79 Å². The molecule has 0 amide bonds. The second-order valence-corrected chi connectivity index (χ2v) is 4.12. The normalized spacial score (nSPS) is 11.5. The summed E-state index contributed by atoms with van der Waals surface area (Å²) >= 11 is 1.75. The summed E-state index contributed by atoms with van der Waals surface area (Å²) in [6.45, 7) is 0. The predicted octanol–water partition coefficient (Wildman–Crippen LogP) is 2.94. The van der Waals surface area contributed by atoms with Gasteiger partial charge in [0.15, 0.2) is 0 Å². The van der Waals surface area contributed by atoms with E-state index in [4.69, 9.17) is 5.11 Å². The SMILES string of the molecule is O=C(O)Cc1ccc(I)cc1C(F)(F)F. The smallest absolute Gasteiger partial charge is 0.416 e. The molecule has 0 aliphatic carbocycles. The summed E-state index contributed by atoms with van der Waals surface area (Å²) < 4.78 is 37.9. The molecule has 15 heavy (non-hydrogen) atoms. The van der Waals surface area contributed by atoms with E-state index in [2.05, 4.69) is 0 Å².